The van der Waals surface area contributed by atoms with E-state index in [0.29, 0.717) is 35.2 Å². The summed E-state index contributed by atoms with van der Waals surface area (Å²) in [6.07, 6.45) is 0.918. The van der Waals surface area contributed by atoms with Gasteiger partial charge in [0.05, 0.1) is 0 Å². The summed E-state index contributed by atoms with van der Waals surface area (Å²) in [7, 11) is -3.48. The number of hydrogen-bond donors (Lipinski definition) is 2. The topological polar surface area (TPSA) is 71.9 Å². The van der Waals surface area contributed by atoms with Crippen LogP contribution in [0.25, 0.3) is 11.3 Å². The number of rotatable bonds is 4. The van der Waals surface area contributed by atoms with Crippen LogP contribution in [-0.2, 0) is 10.2 Å². The van der Waals surface area contributed by atoms with Gasteiger partial charge in [-0.05, 0) is 0 Å². The second-order valence-electron chi connectivity index (χ2n) is 12.5. The normalized spacial score (nSPS) is 23.3. The number of amides is 1. The number of anilines is 2. The predicted molar refractivity (Wildman–Crippen MR) is 172 cm³/mol. The van der Waals surface area contributed by atoms with E-state index in [-0.39, 0.29) is 23.4 Å². The van der Waals surface area contributed by atoms with E-state index in [0.717, 1.165) is 16.8 Å². The first-order valence-electron chi connectivity index (χ1n) is 14.3. The van der Waals surface area contributed by atoms with Gasteiger partial charge in [0.15, 0.2) is 0 Å². The van der Waals surface area contributed by atoms with Crippen molar-refractivity contribution in [3.05, 3.63) is 89.2 Å². The maximum absolute atomic E-state index is 15.1. The molecule has 0 saturated carbocycles. The molecule has 3 aromatic rings. The number of nitrogens with one attached hydrogen (secondary N) is 1. The first kappa shape index (κ1) is 30.6. The van der Waals surface area contributed by atoms with Crippen molar-refractivity contribution >= 4 is 36.8 Å². The van der Waals surface area contributed by atoms with Crippen molar-refractivity contribution in [2.24, 2.45) is 0 Å². The minimum absolute atomic E-state index is 0.0429. The molecule has 42 heavy (non-hydrogen) atoms. The average Bonchev–Trinajstić information content (AvgIpc) is 2.93. The number of carbonyl (C=O) groups excluding carboxylic acids is 1. The summed E-state index contributed by atoms with van der Waals surface area (Å²) < 4.78 is 17.0. The third kappa shape index (κ3) is 5.47. The first-order chi connectivity index (χ1) is 19.7. The van der Waals surface area contributed by atoms with Crippen molar-refractivity contribution < 1.29 is 14.1 Å². The second kappa shape index (κ2) is 11.3. The number of fused-ring (bicyclic) bond motifs is 1. The summed E-state index contributed by atoms with van der Waals surface area (Å²) in [5, 5.41) is 3.92. The fourth-order valence-corrected chi connectivity index (χ4v) is 8.66. The standard InChI is InChI=1S/C32H40ClFN5O2P/c1-8-28(40)37-18-21(3)38(19-20(37)2)31-23-17-25(33)29(22-13-9-11-15-26(22)34)35-30(23)39(42(7,41)36-31)27-16-12-10-14-24(27)32(4,5)6/h8-17,20-21,31,36,41-42H,1,18-19H2,2-7H3/t20-,21+,31?/m1/s1. The number of piperazine rings is 1. The van der Waals surface area contributed by atoms with E-state index in [1.807, 2.05) is 47.4 Å². The molecular formula is C32H40ClFN5O2P. The Morgan fingerprint density at radius 1 is 1.14 bits per heavy atom. The molecule has 0 bridgehead atoms. The van der Waals surface area contributed by atoms with Crippen LogP contribution in [0.15, 0.2) is 67.3 Å². The van der Waals surface area contributed by atoms with Crippen LogP contribution in [0, 0.1) is 5.82 Å². The Labute approximate surface area is 253 Å². The molecule has 1 unspecified atom stereocenters. The summed E-state index contributed by atoms with van der Waals surface area (Å²) >= 11 is 6.88. The van der Waals surface area contributed by atoms with E-state index in [4.69, 9.17) is 16.6 Å². The molecule has 2 N–H and O–H groups in total. The summed E-state index contributed by atoms with van der Waals surface area (Å²) in [5.74, 6) is 0.0178. The molecule has 0 radical (unpaired) electrons. The average molecular weight is 612 g/mol. The molecule has 1 aromatic heterocycles. The molecule has 10 heteroatoms. The Balaban J connectivity index is 1.72. The third-order valence-electron chi connectivity index (χ3n) is 8.24. The van der Waals surface area contributed by atoms with Gasteiger partial charge >= 0.3 is 254 Å². The molecule has 3 heterocycles. The van der Waals surface area contributed by atoms with Crippen molar-refractivity contribution in [2.75, 3.05) is 24.4 Å². The molecule has 1 saturated heterocycles. The van der Waals surface area contributed by atoms with Crippen LogP contribution in [-0.4, -0.2) is 57.4 Å². The maximum atomic E-state index is 15.1. The Bertz CT molecular complexity index is 1530. The number of halogens is 2. The Hall–Kier alpha value is -2.87. The van der Waals surface area contributed by atoms with Crippen LogP contribution in [0.1, 0.15) is 51.9 Å². The predicted octanol–water partition coefficient (Wildman–Crippen LogP) is 6.80. The van der Waals surface area contributed by atoms with E-state index >= 15 is 4.39 Å². The van der Waals surface area contributed by atoms with E-state index in [1.165, 1.54) is 12.1 Å². The molecule has 0 spiro atoms. The van der Waals surface area contributed by atoms with Crippen molar-refractivity contribution in [3.63, 3.8) is 0 Å². The Morgan fingerprint density at radius 2 is 1.81 bits per heavy atom. The molecule has 0 aliphatic carbocycles. The number of nitrogens with zero attached hydrogens (tertiary/aromatic N) is 4. The van der Waals surface area contributed by atoms with Crippen LogP contribution in [0.3, 0.4) is 0 Å². The summed E-state index contributed by atoms with van der Waals surface area (Å²) in [6.45, 7) is 17.1. The van der Waals surface area contributed by atoms with Gasteiger partial charge < -0.3 is 0 Å². The number of carbonyl (C=O) groups is 1. The Kier molecular flexibility index (Phi) is 8.25. The molecule has 5 rings (SSSR count). The summed E-state index contributed by atoms with van der Waals surface area (Å²) in [4.78, 5) is 34.0. The van der Waals surface area contributed by atoms with Crippen LogP contribution < -0.4 is 9.76 Å². The van der Waals surface area contributed by atoms with Gasteiger partial charge in [0.1, 0.15) is 0 Å². The second-order valence-corrected chi connectivity index (χ2v) is 15.7. The van der Waals surface area contributed by atoms with Gasteiger partial charge in [-0.3, -0.25) is 0 Å². The van der Waals surface area contributed by atoms with Crippen molar-refractivity contribution in [1.82, 2.24) is 19.9 Å². The monoisotopic (exact) mass is 611 g/mol. The molecular weight excluding hydrogens is 572 g/mol. The van der Waals surface area contributed by atoms with Crippen molar-refractivity contribution in [1.29, 1.82) is 0 Å². The number of aromatic nitrogens is 1. The van der Waals surface area contributed by atoms with E-state index in [2.05, 4.69) is 50.3 Å². The van der Waals surface area contributed by atoms with Crippen LogP contribution in [0.5, 0.6) is 0 Å². The van der Waals surface area contributed by atoms with Gasteiger partial charge in [0, 0.05) is 0 Å². The van der Waals surface area contributed by atoms with Gasteiger partial charge in [-0.1, -0.05) is 0 Å². The number of para-hydroxylation sites is 1. The molecule has 7 nitrogen and oxygen atoms in total. The number of benzene rings is 2. The fourth-order valence-electron chi connectivity index (χ4n) is 6.17. The summed E-state index contributed by atoms with van der Waals surface area (Å²) in [6, 6.07) is 16.2. The zero-order chi connectivity index (χ0) is 30.6. The number of hydrogen-bond acceptors (Lipinski definition) is 6. The van der Waals surface area contributed by atoms with Gasteiger partial charge in [-0.2, -0.15) is 0 Å². The molecule has 2 aliphatic rings. The van der Waals surface area contributed by atoms with E-state index < -0.39 is 19.8 Å². The van der Waals surface area contributed by atoms with Gasteiger partial charge in [-0.15, -0.1) is 0 Å². The molecule has 1 amide bonds. The quantitative estimate of drug-likeness (QED) is 0.250. The third-order valence-corrected chi connectivity index (χ3v) is 10.7. The first-order valence-corrected chi connectivity index (χ1v) is 17.1. The molecule has 2 aromatic carbocycles. The molecule has 1 fully saturated rings. The van der Waals surface area contributed by atoms with E-state index in [9.17, 15) is 9.69 Å². The fraction of sp³-hybridized carbons (Fsp3) is 0.375. The van der Waals surface area contributed by atoms with Crippen LogP contribution in [0.4, 0.5) is 15.9 Å². The zero-order valence-electron chi connectivity index (χ0n) is 25.0. The Morgan fingerprint density at radius 3 is 2.48 bits per heavy atom. The molecule has 3 atom stereocenters. The van der Waals surface area contributed by atoms with E-state index in [1.54, 1.807) is 18.2 Å². The SMILES string of the molecule is C=CC(=O)N1C[C@H](C)N(C2N[PH](C)(O)N(c3ccccc3C(C)(C)C)c3nc(-c4ccccc4F)c(Cl)cc32)C[C@H]1C. The van der Waals surface area contributed by atoms with Crippen LogP contribution >= 0.6 is 19.4 Å². The van der Waals surface area contributed by atoms with Crippen LogP contribution in [0.2, 0.25) is 5.02 Å². The van der Waals surface area contributed by atoms with Gasteiger partial charge in [-0.25, -0.2) is 0 Å². The number of pyridine rings is 1. The molecule has 2 aliphatic heterocycles. The van der Waals surface area contributed by atoms with Gasteiger partial charge in [0.2, 0.25) is 0 Å². The molecule has 224 valence electrons. The van der Waals surface area contributed by atoms with Crippen molar-refractivity contribution in [3.8, 4) is 11.3 Å². The summed E-state index contributed by atoms with van der Waals surface area (Å²) in [5.41, 5.74) is 3.06. The minimum atomic E-state index is -3.48. The van der Waals surface area contributed by atoms with Gasteiger partial charge in [0.25, 0.3) is 0 Å². The zero-order valence-corrected chi connectivity index (χ0v) is 26.8. The van der Waals surface area contributed by atoms with Crippen molar-refractivity contribution in [2.45, 2.75) is 58.3 Å².